The van der Waals surface area contributed by atoms with Gasteiger partial charge in [-0.25, -0.2) is 0 Å². The van der Waals surface area contributed by atoms with Crippen LogP contribution in [0.2, 0.25) is 5.02 Å². The third-order valence-electron chi connectivity index (χ3n) is 4.06. The van der Waals surface area contributed by atoms with E-state index >= 15 is 0 Å². The van der Waals surface area contributed by atoms with Crippen LogP contribution in [0.25, 0.3) is 0 Å². The van der Waals surface area contributed by atoms with Crippen LogP contribution in [0.3, 0.4) is 0 Å². The first-order valence-corrected chi connectivity index (χ1v) is 8.18. The van der Waals surface area contributed by atoms with Crippen LogP contribution < -0.4 is 5.32 Å². The van der Waals surface area contributed by atoms with Gasteiger partial charge in [0.1, 0.15) is 0 Å². The fourth-order valence-electron chi connectivity index (χ4n) is 2.75. The summed E-state index contributed by atoms with van der Waals surface area (Å²) in [6.45, 7) is 1.37. The van der Waals surface area contributed by atoms with Crippen molar-refractivity contribution in [3.05, 3.63) is 64.9 Å². The van der Waals surface area contributed by atoms with Gasteiger partial charge in [-0.1, -0.05) is 29.8 Å². The highest BCUT2D eigenvalue weighted by Gasteiger charge is 2.34. The number of aromatic nitrogens is 1. The van der Waals surface area contributed by atoms with Gasteiger partial charge in [0.25, 0.3) is 0 Å². The minimum absolute atomic E-state index is 0.00600. The monoisotopic (exact) mass is 343 g/mol. The van der Waals surface area contributed by atoms with Gasteiger partial charge in [-0.05, 0) is 29.3 Å². The topological polar surface area (TPSA) is 62.3 Å². The average Bonchev–Trinajstić information content (AvgIpc) is 2.96. The number of likely N-dealkylation sites (tertiary alicyclic amines) is 1. The largest absolute Gasteiger partial charge is 0.352 e. The van der Waals surface area contributed by atoms with Crippen molar-refractivity contribution in [1.29, 1.82) is 0 Å². The standard InChI is InChI=1S/C18H18ClN3O2/c19-16-5-3-13(4-6-16)11-22-12-15(8-17(22)23)18(24)21-10-14-2-1-7-20-9-14/h1-7,9,15H,8,10-12H2,(H,21,24)/t15-/m1/s1. The highest BCUT2D eigenvalue weighted by atomic mass is 35.5. The molecule has 0 saturated carbocycles. The lowest BCUT2D eigenvalue weighted by atomic mass is 10.1. The molecule has 1 aliphatic heterocycles. The maximum absolute atomic E-state index is 12.3. The molecule has 0 aliphatic carbocycles. The molecule has 1 N–H and O–H groups in total. The fraction of sp³-hybridized carbons (Fsp3) is 0.278. The molecule has 0 bridgehead atoms. The Morgan fingerprint density at radius 1 is 1.25 bits per heavy atom. The van der Waals surface area contributed by atoms with E-state index in [1.54, 1.807) is 29.4 Å². The van der Waals surface area contributed by atoms with E-state index in [1.165, 1.54) is 0 Å². The Morgan fingerprint density at radius 2 is 2.04 bits per heavy atom. The third kappa shape index (κ3) is 4.11. The molecule has 2 heterocycles. The fourth-order valence-corrected chi connectivity index (χ4v) is 2.87. The van der Waals surface area contributed by atoms with Gasteiger partial charge in [0.05, 0.1) is 5.92 Å². The lowest BCUT2D eigenvalue weighted by Crippen LogP contribution is -2.32. The molecule has 1 saturated heterocycles. The summed E-state index contributed by atoms with van der Waals surface area (Å²) in [5, 5.41) is 3.54. The van der Waals surface area contributed by atoms with E-state index in [4.69, 9.17) is 11.6 Å². The van der Waals surface area contributed by atoms with Gasteiger partial charge in [0.2, 0.25) is 11.8 Å². The first-order valence-electron chi connectivity index (χ1n) is 7.80. The Hall–Kier alpha value is -2.40. The summed E-state index contributed by atoms with van der Waals surface area (Å²) in [4.78, 5) is 30.2. The quantitative estimate of drug-likeness (QED) is 0.906. The summed E-state index contributed by atoms with van der Waals surface area (Å²) in [7, 11) is 0. The van der Waals surface area contributed by atoms with Gasteiger partial charge in [-0.2, -0.15) is 0 Å². The summed E-state index contributed by atoms with van der Waals surface area (Å²) in [5.41, 5.74) is 1.94. The molecular formula is C18H18ClN3O2. The summed E-state index contributed by atoms with van der Waals surface area (Å²) in [6, 6.07) is 11.1. The number of rotatable bonds is 5. The van der Waals surface area contributed by atoms with Gasteiger partial charge in [0.15, 0.2) is 0 Å². The number of hydrogen-bond acceptors (Lipinski definition) is 3. The number of amides is 2. The van der Waals surface area contributed by atoms with Crippen LogP contribution in [0.15, 0.2) is 48.8 Å². The van der Waals surface area contributed by atoms with Gasteiger partial charge in [0, 0.05) is 43.5 Å². The number of benzene rings is 1. The zero-order chi connectivity index (χ0) is 16.9. The Labute approximate surface area is 145 Å². The lowest BCUT2D eigenvalue weighted by Gasteiger charge is -2.16. The molecule has 1 aromatic carbocycles. The zero-order valence-electron chi connectivity index (χ0n) is 13.1. The van der Waals surface area contributed by atoms with E-state index in [0.29, 0.717) is 24.7 Å². The number of carbonyl (C=O) groups is 2. The van der Waals surface area contributed by atoms with Gasteiger partial charge < -0.3 is 10.2 Å². The van der Waals surface area contributed by atoms with Crippen LogP contribution in [0, 0.1) is 5.92 Å². The molecule has 1 atom stereocenters. The predicted molar refractivity (Wildman–Crippen MR) is 91.1 cm³/mol. The van der Waals surface area contributed by atoms with Crippen LogP contribution >= 0.6 is 11.6 Å². The molecule has 2 amide bonds. The van der Waals surface area contributed by atoms with Gasteiger partial charge >= 0.3 is 0 Å². The van der Waals surface area contributed by atoms with Gasteiger partial charge in [-0.3, -0.25) is 14.6 Å². The number of nitrogens with zero attached hydrogens (tertiary/aromatic N) is 2. The molecule has 1 fully saturated rings. The van der Waals surface area contributed by atoms with E-state index in [1.807, 2.05) is 24.3 Å². The summed E-state index contributed by atoms with van der Waals surface area (Å²) < 4.78 is 0. The van der Waals surface area contributed by atoms with E-state index in [9.17, 15) is 9.59 Å². The summed E-state index contributed by atoms with van der Waals surface area (Å²) in [5.74, 6) is -0.390. The minimum Gasteiger partial charge on any atom is -0.352 e. The second-order valence-electron chi connectivity index (χ2n) is 5.88. The van der Waals surface area contributed by atoms with Crippen molar-refractivity contribution < 1.29 is 9.59 Å². The van der Waals surface area contributed by atoms with Crippen LogP contribution in [-0.4, -0.2) is 28.2 Å². The number of nitrogens with one attached hydrogen (secondary N) is 1. The average molecular weight is 344 g/mol. The lowest BCUT2D eigenvalue weighted by molar-refractivity contribution is -0.129. The molecular weight excluding hydrogens is 326 g/mol. The SMILES string of the molecule is O=C(NCc1cccnc1)[C@@H]1CC(=O)N(Cc2ccc(Cl)cc2)C1. The van der Waals surface area contributed by atoms with Crippen molar-refractivity contribution in [1.82, 2.24) is 15.2 Å². The summed E-state index contributed by atoms with van der Waals surface area (Å²) >= 11 is 5.87. The first-order chi connectivity index (χ1) is 11.6. The smallest absolute Gasteiger partial charge is 0.225 e. The van der Waals surface area contributed by atoms with Crippen molar-refractivity contribution >= 4 is 23.4 Å². The molecule has 124 valence electrons. The minimum atomic E-state index is -0.304. The zero-order valence-corrected chi connectivity index (χ0v) is 13.9. The van der Waals surface area contributed by atoms with E-state index in [-0.39, 0.29) is 24.2 Å². The Kier molecular flexibility index (Phi) is 5.11. The van der Waals surface area contributed by atoms with Crippen molar-refractivity contribution in [3.8, 4) is 0 Å². The molecule has 1 aromatic heterocycles. The second-order valence-corrected chi connectivity index (χ2v) is 6.32. The number of carbonyl (C=O) groups excluding carboxylic acids is 2. The predicted octanol–water partition coefficient (Wildman–Crippen LogP) is 2.40. The maximum Gasteiger partial charge on any atom is 0.225 e. The molecule has 5 nitrogen and oxygen atoms in total. The number of halogens is 1. The van der Waals surface area contributed by atoms with Crippen molar-refractivity contribution in [2.24, 2.45) is 5.92 Å². The van der Waals surface area contributed by atoms with Crippen LogP contribution in [0.5, 0.6) is 0 Å². The Balaban J connectivity index is 1.53. The van der Waals surface area contributed by atoms with Crippen molar-refractivity contribution in [2.45, 2.75) is 19.5 Å². The molecule has 6 heteroatoms. The third-order valence-corrected chi connectivity index (χ3v) is 4.31. The van der Waals surface area contributed by atoms with Crippen molar-refractivity contribution in [3.63, 3.8) is 0 Å². The Bertz CT molecular complexity index is 719. The number of pyridine rings is 1. The molecule has 0 spiro atoms. The van der Waals surface area contributed by atoms with Gasteiger partial charge in [-0.15, -0.1) is 0 Å². The van der Waals surface area contributed by atoms with E-state index < -0.39 is 0 Å². The van der Waals surface area contributed by atoms with Crippen LogP contribution in [0.1, 0.15) is 17.5 Å². The molecule has 1 aliphatic rings. The van der Waals surface area contributed by atoms with Crippen LogP contribution in [0.4, 0.5) is 0 Å². The molecule has 0 radical (unpaired) electrons. The van der Waals surface area contributed by atoms with Crippen LogP contribution in [-0.2, 0) is 22.7 Å². The van der Waals surface area contributed by atoms with E-state index in [2.05, 4.69) is 10.3 Å². The second kappa shape index (κ2) is 7.45. The maximum atomic E-state index is 12.3. The van der Waals surface area contributed by atoms with Crippen molar-refractivity contribution in [2.75, 3.05) is 6.54 Å². The normalized spacial score (nSPS) is 17.1. The molecule has 24 heavy (non-hydrogen) atoms. The molecule has 3 rings (SSSR count). The highest BCUT2D eigenvalue weighted by Crippen LogP contribution is 2.21. The molecule has 2 aromatic rings. The summed E-state index contributed by atoms with van der Waals surface area (Å²) in [6.07, 6.45) is 3.66. The highest BCUT2D eigenvalue weighted by molar-refractivity contribution is 6.30. The Morgan fingerprint density at radius 3 is 2.75 bits per heavy atom. The molecule has 0 unspecified atom stereocenters. The first kappa shape index (κ1) is 16.5. The number of hydrogen-bond donors (Lipinski definition) is 1. The van der Waals surface area contributed by atoms with E-state index in [0.717, 1.165) is 11.1 Å².